The normalized spacial score (nSPS) is 16.5. The van der Waals surface area contributed by atoms with E-state index in [-0.39, 0.29) is 24.8 Å². The first-order chi connectivity index (χ1) is 18.6. The number of nitrogens with zero attached hydrogens (tertiary/aromatic N) is 3. The van der Waals surface area contributed by atoms with Crippen LogP contribution in [0, 0.1) is 5.92 Å². The number of likely N-dealkylation sites (tertiary alicyclic amines) is 1. The van der Waals surface area contributed by atoms with Gasteiger partial charge in [0.15, 0.2) is 11.7 Å². The third kappa shape index (κ3) is 7.49. The Kier molecular flexibility index (Phi) is 10.3. The van der Waals surface area contributed by atoms with Crippen molar-refractivity contribution in [3.05, 3.63) is 42.1 Å². The molecule has 0 spiro atoms. The van der Waals surface area contributed by atoms with Crippen molar-refractivity contribution in [2.24, 2.45) is 22.4 Å². The predicted molar refractivity (Wildman–Crippen MR) is 145 cm³/mol. The lowest BCUT2D eigenvalue weighted by Gasteiger charge is -2.31. The first kappa shape index (κ1) is 29.5. The molecule has 0 radical (unpaired) electrons. The van der Waals surface area contributed by atoms with Gasteiger partial charge in [-0.05, 0) is 43.7 Å². The highest BCUT2D eigenvalue weighted by Crippen LogP contribution is 2.22. The Hall–Kier alpha value is -4.09. The van der Waals surface area contributed by atoms with Gasteiger partial charge < -0.3 is 27.0 Å². The fourth-order valence-electron chi connectivity index (χ4n) is 4.69. The van der Waals surface area contributed by atoms with Crippen molar-refractivity contribution in [2.75, 3.05) is 19.8 Å². The molecule has 3 unspecified atom stereocenters. The van der Waals surface area contributed by atoms with Crippen LogP contribution in [0.15, 0.2) is 41.5 Å². The van der Waals surface area contributed by atoms with Crippen LogP contribution in [0.4, 0.5) is 4.39 Å². The second-order valence-corrected chi connectivity index (χ2v) is 9.87. The number of aromatic nitrogens is 1. The third-order valence-corrected chi connectivity index (χ3v) is 6.73. The summed E-state index contributed by atoms with van der Waals surface area (Å²) in [4.78, 5) is 61.7. The predicted octanol–water partition coefficient (Wildman–Crippen LogP) is 1.06. The minimum atomic E-state index is -1.23. The summed E-state index contributed by atoms with van der Waals surface area (Å²) in [6.45, 7) is 2.94. The largest absolute Gasteiger partial charge is 0.370 e. The molecule has 1 aliphatic heterocycles. The van der Waals surface area contributed by atoms with Crippen LogP contribution < -0.4 is 22.1 Å². The number of hydrogen-bond donors (Lipinski definition) is 4. The Morgan fingerprint density at radius 3 is 2.59 bits per heavy atom. The SMILES string of the molecule is CC(C)C(NC(=O)c1ccnc2ccccc12)C(=O)N1CCCC1C(=O)NC(CCCN=C(N)N)C(=O)CF. The first-order valence-corrected chi connectivity index (χ1v) is 13.0. The van der Waals surface area contributed by atoms with Crippen molar-refractivity contribution in [2.45, 2.75) is 57.7 Å². The van der Waals surface area contributed by atoms with Crippen molar-refractivity contribution < 1.29 is 23.6 Å². The molecule has 11 nitrogen and oxygen atoms in total. The van der Waals surface area contributed by atoms with E-state index in [9.17, 15) is 23.6 Å². The van der Waals surface area contributed by atoms with Crippen LogP contribution in [0.1, 0.15) is 49.9 Å². The van der Waals surface area contributed by atoms with E-state index in [2.05, 4.69) is 20.6 Å². The summed E-state index contributed by atoms with van der Waals surface area (Å²) in [7, 11) is 0. The molecule has 0 aliphatic carbocycles. The molecule has 2 aromatic rings. The van der Waals surface area contributed by atoms with E-state index >= 15 is 0 Å². The number of halogens is 1. The zero-order valence-electron chi connectivity index (χ0n) is 22.2. The highest BCUT2D eigenvalue weighted by atomic mass is 19.1. The summed E-state index contributed by atoms with van der Waals surface area (Å²) < 4.78 is 13.2. The van der Waals surface area contributed by atoms with Crippen LogP contribution in [0.25, 0.3) is 10.9 Å². The van der Waals surface area contributed by atoms with Gasteiger partial charge in [-0.3, -0.25) is 29.2 Å². The zero-order chi connectivity index (χ0) is 28.5. The average Bonchev–Trinajstić information content (AvgIpc) is 3.42. The number of aliphatic imine (C=N–C) groups is 1. The van der Waals surface area contributed by atoms with Crippen molar-refractivity contribution in [3.8, 4) is 0 Å². The Balaban J connectivity index is 1.72. The molecule has 3 rings (SSSR count). The molecule has 2 heterocycles. The maximum Gasteiger partial charge on any atom is 0.252 e. The second kappa shape index (κ2) is 13.6. The zero-order valence-corrected chi connectivity index (χ0v) is 22.2. The number of hydrogen-bond acceptors (Lipinski definition) is 6. The van der Waals surface area contributed by atoms with Crippen molar-refractivity contribution in [3.63, 3.8) is 0 Å². The molecule has 0 bridgehead atoms. The number of fused-ring (bicyclic) bond motifs is 1. The van der Waals surface area contributed by atoms with E-state index in [0.717, 1.165) is 0 Å². The van der Waals surface area contributed by atoms with E-state index in [0.29, 0.717) is 42.3 Å². The van der Waals surface area contributed by atoms with Gasteiger partial charge in [-0.25, -0.2) is 4.39 Å². The average molecular weight is 542 g/mol. The smallest absolute Gasteiger partial charge is 0.252 e. The van der Waals surface area contributed by atoms with Gasteiger partial charge in [0, 0.05) is 24.7 Å². The number of para-hydroxylation sites is 1. The van der Waals surface area contributed by atoms with Crippen LogP contribution in [0.3, 0.4) is 0 Å². The summed E-state index contributed by atoms with van der Waals surface area (Å²) in [5.41, 5.74) is 11.6. The standard InChI is InChI=1S/C27H36FN7O4/c1-16(2)23(34-24(37)18-11-13-31-19-8-4-3-7-17(18)19)26(39)35-14-6-10-21(35)25(38)33-20(22(36)15-28)9-5-12-32-27(29)30/h3-4,7-8,11,13,16,20-21,23H,5-6,9-10,12,14-15H2,1-2H3,(H,33,38)(H,34,37)(H4,29,30,32). The monoisotopic (exact) mass is 541 g/mol. The summed E-state index contributed by atoms with van der Waals surface area (Å²) in [6, 6.07) is 6.03. The summed E-state index contributed by atoms with van der Waals surface area (Å²) >= 11 is 0. The summed E-state index contributed by atoms with van der Waals surface area (Å²) in [6.07, 6.45) is 3.00. The summed E-state index contributed by atoms with van der Waals surface area (Å²) in [5.74, 6) is -2.48. The van der Waals surface area contributed by atoms with Crippen molar-refractivity contribution in [1.82, 2.24) is 20.5 Å². The Morgan fingerprint density at radius 2 is 1.90 bits per heavy atom. The molecular formula is C27H36FN7O4. The van der Waals surface area contributed by atoms with Gasteiger partial charge in [-0.1, -0.05) is 32.0 Å². The maximum absolute atomic E-state index is 13.6. The fraction of sp³-hybridized carbons (Fsp3) is 0.481. The molecule has 1 fully saturated rings. The lowest BCUT2D eigenvalue weighted by atomic mass is 10.0. The molecule has 3 amide bonds. The lowest BCUT2D eigenvalue weighted by molar-refractivity contribution is -0.141. The molecular weight excluding hydrogens is 505 g/mol. The number of carbonyl (C=O) groups is 4. The molecule has 6 N–H and O–H groups in total. The Bertz CT molecular complexity index is 1230. The minimum absolute atomic E-state index is 0.101. The fourth-order valence-corrected chi connectivity index (χ4v) is 4.69. The van der Waals surface area contributed by atoms with Crippen molar-refractivity contribution >= 4 is 40.4 Å². The number of amides is 3. The van der Waals surface area contributed by atoms with E-state index < -0.39 is 48.3 Å². The quantitative estimate of drug-likeness (QED) is 0.177. The number of ketones is 1. The Morgan fingerprint density at radius 1 is 1.15 bits per heavy atom. The third-order valence-electron chi connectivity index (χ3n) is 6.73. The van der Waals surface area contributed by atoms with Crippen LogP contribution in [0.2, 0.25) is 0 Å². The van der Waals surface area contributed by atoms with Gasteiger partial charge in [-0.2, -0.15) is 0 Å². The molecule has 39 heavy (non-hydrogen) atoms. The number of rotatable bonds is 12. The highest BCUT2D eigenvalue weighted by molar-refractivity contribution is 6.07. The summed E-state index contributed by atoms with van der Waals surface area (Å²) in [5, 5.41) is 6.12. The van der Waals surface area contributed by atoms with Crippen LogP contribution in [-0.2, 0) is 14.4 Å². The van der Waals surface area contributed by atoms with Crippen LogP contribution >= 0.6 is 0 Å². The minimum Gasteiger partial charge on any atom is -0.370 e. The molecule has 3 atom stereocenters. The number of nitrogens with one attached hydrogen (secondary N) is 2. The second-order valence-electron chi connectivity index (χ2n) is 9.87. The van der Waals surface area contributed by atoms with Gasteiger partial charge >= 0.3 is 0 Å². The van der Waals surface area contributed by atoms with Crippen LogP contribution in [-0.4, -0.2) is 77.2 Å². The highest BCUT2D eigenvalue weighted by Gasteiger charge is 2.39. The lowest BCUT2D eigenvalue weighted by Crippen LogP contribution is -2.56. The van der Waals surface area contributed by atoms with Gasteiger partial charge in [0.2, 0.25) is 11.8 Å². The molecule has 1 aliphatic rings. The molecule has 210 valence electrons. The molecule has 1 aromatic carbocycles. The molecule has 1 saturated heterocycles. The number of Topliss-reactive ketones (excluding diaryl/α,β-unsaturated/α-hetero) is 1. The molecule has 0 saturated carbocycles. The topological polar surface area (TPSA) is 173 Å². The van der Waals surface area contributed by atoms with Gasteiger partial charge in [0.05, 0.1) is 17.1 Å². The van der Waals surface area contributed by atoms with E-state index in [1.807, 2.05) is 19.9 Å². The Labute approximate surface area is 226 Å². The molecule has 1 aromatic heterocycles. The first-order valence-electron chi connectivity index (χ1n) is 13.0. The maximum atomic E-state index is 13.6. The van der Waals surface area contributed by atoms with Gasteiger partial charge in [-0.15, -0.1) is 0 Å². The number of guanidine groups is 1. The van der Waals surface area contributed by atoms with Crippen molar-refractivity contribution in [1.29, 1.82) is 0 Å². The number of carbonyl (C=O) groups excluding carboxylic acids is 4. The van der Waals surface area contributed by atoms with E-state index in [1.54, 1.807) is 24.3 Å². The number of nitrogens with two attached hydrogens (primary N) is 2. The number of pyridine rings is 1. The van der Waals surface area contributed by atoms with Crippen LogP contribution in [0.5, 0.6) is 0 Å². The van der Waals surface area contributed by atoms with Gasteiger partial charge in [0.25, 0.3) is 5.91 Å². The van der Waals surface area contributed by atoms with E-state index in [1.165, 1.54) is 11.1 Å². The number of benzene rings is 1. The van der Waals surface area contributed by atoms with Gasteiger partial charge in [0.1, 0.15) is 18.8 Å². The van der Waals surface area contributed by atoms with E-state index in [4.69, 9.17) is 11.5 Å². The number of alkyl halides is 1. The molecule has 12 heteroatoms.